The van der Waals surface area contributed by atoms with Crippen LogP contribution in [-0.2, 0) is 14.3 Å². The predicted molar refractivity (Wildman–Crippen MR) is 64.4 cm³/mol. The van der Waals surface area contributed by atoms with E-state index in [0.29, 0.717) is 30.6 Å². The molecule has 0 radical (unpaired) electrons. The van der Waals surface area contributed by atoms with Gasteiger partial charge in [0.2, 0.25) is 5.78 Å². The zero-order valence-electron chi connectivity index (χ0n) is 10.0. The van der Waals surface area contributed by atoms with Crippen molar-refractivity contribution in [2.24, 2.45) is 0 Å². The van der Waals surface area contributed by atoms with E-state index in [0.717, 1.165) is 0 Å². The van der Waals surface area contributed by atoms with E-state index in [4.69, 9.17) is 0 Å². The number of piperidine rings is 1. The van der Waals surface area contributed by atoms with Crippen LogP contribution in [0, 0.1) is 0 Å². The van der Waals surface area contributed by atoms with Crippen LogP contribution in [0.25, 0.3) is 0 Å². The van der Waals surface area contributed by atoms with Crippen molar-refractivity contribution in [2.75, 3.05) is 18.6 Å². The van der Waals surface area contributed by atoms with Gasteiger partial charge < -0.3 is 9.64 Å². The maximum atomic E-state index is 11.7. The summed E-state index contributed by atoms with van der Waals surface area (Å²) in [6.45, 7) is 0.495. The minimum Gasteiger partial charge on any atom is -0.465 e. The zero-order chi connectivity index (χ0) is 13.1. The molecule has 94 valence electrons. The van der Waals surface area contributed by atoms with Gasteiger partial charge in [-0.15, -0.1) is 0 Å². The zero-order valence-corrected chi connectivity index (χ0v) is 10.0. The number of carbonyl (C=O) groups excluding carboxylic acids is 3. The van der Waals surface area contributed by atoms with Crippen LogP contribution in [0.4, 0.5) is 5.69 Å². The Bertz CT molecular complexity index is 509. The van der Waals surface area contributed by atoms with Crippen LogP contribution in [0.5, 0.6) is 0 Å². The van der Waals surface area contributed by atoms with Gasteiger partial charge in [-0.2, -0.15) is 0 Å². The minimum absolute atomic E-state index is 0.298. The molecule has 1 aromatic rings. The average molecular weight is 247 g/mol. The van der Waals surface area contributed by atoms with E-state index < -0.39 is 11.9 Å². The van der Waals surface area contributed by atoms with Crippen molar-refractivity contribution in [3.63, 3.8) is 0 Å². The molecule has 0 aromatic heterocycles. The summed E-state index contributed by atoms with van der Waals surface area (Å²) in [6.07, 6.45) is 0.944. The number of ketones is 1. The van der Waals surface area contributed by atoms with E-state index in [-0.39, 0.29) is 5.78 Å². The summed E-state index contributed by atoms with van der Waals surface area (Å²) in [5.41, 5.74) is 0.914. The topological polar surface area (TPSA) is 63.7 Å². The van der Waals surface area contributed by atoms with Gasteiger partial charge >= 0.3 is 5.97 Å². The number of anilines is 1. The van der Waals surface area contributed by atoms with Crippen LogP contribution in [0.3, 0.4) is 0 Å². The molecule has 0 spiro atoms. The first-order chi connectivity index (χ1) is 8.63. The van der Waals surface area contributed by atoms with Crippen LogP contribution in [-0.4, -0.2) is 31.3 Å². The smallest absolute Gasteiger partial charge is 0.337 e. The predicted octanol–water partition coefficient (Wildman–Crippen LogP) is 1.17. The molecular formula is C13H13NO4. The molecule has 1 aliphatic heterocycles. The van der Waals surface area contributed by atoms with Gasteiger partial charge in [-0.3, -0.25) is 9.59 Å². The third kappa shape index (κ3) is 2.25. The van der Waals surface area contributed by atoms with Gasteiger partial charge in [0.15, 0.2) is 0 Å². The Labute approximate surface area is 104 Å². The molecule has 1 fully saturated rings. The largest absolute Gasteiger partial charge is 0.465 e. The number of ether oxygens (including phenoxy) is 1. The molecular weight excluding hydrogens is 234 g/mol. The van der Waals surface area contributed by atoms with Crippen LogP contribution in [0.2, 0.25) is 0 Å². The Morgan fingerprint density at radius 1 is 1.33 bits per heavy atom. The average Bonchev–Trinajstić information content (AvgIpc) is 2.41. The second-order valence-electron chi connectivity index (χ2n) is 4.03. The monoisotopic (exact) mass is 247 g/mol. The Morgan fingerprint density at radius 3 is 2.83 bits per heavy atom. The number of hydrogen-bond acceptors (Lipinski definition) is 4. The number of hydrogen-bond donors (Lipinski definition) is 0. The van der Waals surface area contributed by atoms with Crippen LogP contribution < -0.4 is 4.90 Å². The highest BCUT2D eigenvalue weighted by Crippen LogP contribution is 2.20. The molecule has 2 rings (SSSR count). The van der Waals surface area contributed by atoms with E-state index in [2.05, 4.69) is 4.74 Å². The Hall–Kier alpha value is -2.17. The van der Waals surface area contributed by atoms with Gasteiger partial charge in [0.1, 0.15) is 0 Å². The molecule has 0 bridgehead atoms. The van der Waals surface area contributed by atoms with E-state index in [1.54, 1.807) is 24.3 Å². The molecule has 0 unspecified atom stereocenters. The summed E-state index contributed by atoms with van der Waals surface area (Å²) in [7, 11) is 1.30. The number of amides is 1. The van der Waals surface area contributed by atoms with Gasteiger partial charge in [0, 0.05) is 18.7 Å². The lowest BCUT2D eigenvalue weighted by Gasteiger charge is -2.25. The summed E-state index contributed by atoms with van der Waals surface area (Å²) < 4.78 is 4.62. The second kappa shape index (κ2) is 5.00. The normalized spacial score (nSPS) is 15.7. The molecule has 1 heterocycles. The van der Waals surface area contributed by atoms with Gasteiger partial charge in [-0.25, -0.2) is 4.79 Å². The van der Waals surface area contributed by atoms with Gasteiger partial charge in [-0.05, 0) is 24.6 Å². The second-order valence-corrected chi connectivity index (χ2v) is 4.03. The highest BCUT2D eigenvalue weighted by molar-refractivity contribution is 6.41. The van der Waals surface area contributed by atoms with Crippen molar-refractivity contribution >= 4 is 23.3 Å². The minimum atomic E-state index is -0.511. The number of Topliss-reactive ketones (excluding diaryl/α,β-unsaturated/α-hetero) is 1. The fourth-order valence-electron chi connectivity index (χ4n) is 1.92. The van der Waals surface area contributed by atoms with E-state index in [9.17, 15) is 14.4 Å². The first kappa shape index (κ1) is 12.3. The number of rotatable bonds is 2. The van der Waals surface area contributed by atoms with Crippen LogP contribution >= 0.6 is 0 Å². The van der Waals surface area contributed by atoms with Gasteiger partial charge in [-0.1, -0.05) is 6.07 Å². The molecule has 1 aromatic carbocycles. The molecule has 5 heteroatoms. The molecule has 1 aliphatic rings. The summed E-state index contributed by atoms with van der Waals surface area (Å²) >= 11 is 0. The first-order valence-corrected chi connectivity index (χ1v) is 5.66. The lowest BCUT2D eigenvalue weighted by atomic mass is 10.1. The van der Waals surface area contributed by atoms with Crippen molar-refractivity contribution in [1.29, 1.82) is 0 Å². The van der Waals surface area contributed by atoms with Crippen molar-refractivity contribution in [3.05, 3.63) is 29.8 Å². The third-order valence-corrected chi connectivity index (χ3v) is 2.85. The standard InChI is InChI=1S/C13H13NO4/c1-18-13(17)9-4-2-5-10(8-9)14-7-3-6-11(15)12(14)16/h2,4-5,8H,3,6-7H2,1H3. The maximum Gasteiger partial charge on any atom is 0.337 e. The Balaban J connectivity index is 2.30. The Morgan fingerprint density at radius 2 is 2.11 bits per heavy atom. The van der Waals surface area contributed by atoms with Crippen molar-refractivity contribution in [2.45, 2.75) is 12.8 Å². The quantitative estimate of drug-likeness (QED) is 0.581. The summed E-state index contributed by atoms with van der Waals surface area (Å²) in [5, 5.41) is 0. The molecule has 0 N–H and O–H groups in total. The fraction of sp³-hybridized carbons (Fsp3) is 0.308. The lowest BCUT2D eigenvalue weighted by molar-refractivity contribution is -0.137. The summed E-state index contributed by atoms with van der Waals surface area (Å²) in [5.74, 6) is -1.36. The highest BCUT2D eigenvalue weighted by Gasteiger charge is 2.27. The number of benzene rings is 1. The molecule has 1 amide bonds. The van der Waals surface area contributed by atoms with Crippen molar-refractivity contribution in [1.82, 2.24) is 0 Å². The molecule has 0 saturated carbocycles. The molecule has 0 aliphatic carbocycles. The van der Waals surface area contributed by atoms with E-state index >= 15 is 0 Å². The fourth-order valence-corrected chi connectivity index (χ4v) is 1.92. The molecule has 18 heavy (non-hydrogen) atoms. The number of methoxy groups -OCH3 is 1. The number of esters is 1. The molecule has 5 nitrogen and oxygen atoms in total. The Kier molecular flexibility index (Phi) is 3.41. The number of nitrogens with zero attached hydrogens (tertiary/aromatic N) is 1. The first-order valence-electron chi connectivity index (χ1n) is 5.66. The van der Waals surface area contributed by atoms with Crippen LogP contribution in [0.1, 0.15) is 23.2 Å². The van der Waals surface area contributed by atoms with Crippen LogP contribution in [0.15, 0.2) is 24.3 Å². The number of carbonyl (C=O) groups is 3. The lowest BCUT2D eigenvalue weighted by Crippen LogP contribution is -2.41. The van der Waals surface area contributed by atoms with Crippen molar-refractivity contribution < 1.29 is 19.1 Å². The molecule has 1 saturated heterocycles. The maximum absolute atomic E-state index is 11.7. The van der Waals surface area contributed by atoms with E-state index in [1.165, 1.54) is 12.0 Å². The van der Waals surface area contributed by atoms with E-state index in [1.807, 2.05) is 0 Å². The SMILES string of the molecule is COC(=O)c1cccc(N2CCCC(=O)C2=O)c1. The summed E-state index contributed by atoms with van der Waals surface area (Å²) in [6, 6.07) is 6.52. The molecule has 0 atom stereocenters. The third-order valence-electron chi connectivity index (χ3n) is 2.85. The van der Waals surface area contributed by atoms with Gasteiger partial charge in [0.05, 0.1) is 12.7 Å². The van der Waals surface area contributed by atoms with Gasteiger partial charge in [0.25, 0.3) is 5.91 Å². The highest BCUT2D eigenvalue weighted by atomic mass is 16.5. The summed E-state index contributed by atoms with van der Waals surface area (Å²) in [4.78, 5) is 35.9. The van der Waals surface area contributed by atoms with Crippen molar-refractivity contribution in [3.8, 4) is 0 Å².